The van der Waals surface area contributed by atoms with Gasteiger partial charge in [-0.05, 0) is 81.4 Å². The Labute approximate surface area is 378 Å². The topological polar surface area (TPSA) is 94.5 Å². The van der Waals surface area contributed by atoms with Crippen LogP contribution in [0.5, 0.6) is 0 Å². The number of benzene rings is 7. The lowest BCUT2D eigenvalue weighted by atomic mass is 9.97. The third-order valence-corrected chi connectivity index (χ3v) is 13.3. The van der Waals surface area contributed by atoms with Gasteiger partial charge in [0.2, 0.25) is 0 Å². The van der Waals surface area contributed by atoms with Gasteiger partial charge in [-0.3, -0.25) is 0 Å². The van der Waals surface area contributed by atoms with E-state index in [1.54, 1.807) is 54.7 Å². The zero-order chi connectivity index (χ0) is 44.4. The summed E-state index contributed by atoms with van der Waals surface area (Å²) in [5, 5.41) is 3.06. The van der Waals surface area contributed by atoms with E-state index in [0.29, 0.717) is 18.5 Å². The van der Waals surface area contributed by atoms with Crippen LogP contribution in [0.15, 0.2) is 193 Å². The van der Waals surface area contributed by atoms with Crippen molar-refractivity contribution in [3.8, 4) is 0 Å². The number of halogens is 1. The average Bonchev–Trinajstić information content (AvgIpc) is 3.73. The van der Waals surface area contributed by atoms with Crippen molar-refractivity contribution in [1.29, 1.82) is 0 Å². The van der Waals surface area contributed by atoms with Gasteiger partial charge in [-0.25, -0.2) is 16.8 Å². The molecule has 1 aliphatic heterocycles. The minimum Gasteiger partial charge on any atom is -0.374 e. The minimum atomic E-state index is -3.89. The maximum atomic E-state index is 14.0. The second-order valence-electron chi connectivity index (χ2n) is 16.1. The molecule has 332 valence electrons. The molecule has 5 atom stereocenters. The SMILES string of the molecule is O=S(=O)(c1ccccc1)n1cc(CCO[C@@H]2O[C@H](COCc3ccc4ccccc4c3)[C@@H](OCc3ccccc3)[C@H](OCc3ccccc3)[C@H]2OCc2ccc(F)cc2)c2ccccc21. The van der Waals surface area contributed by atoms with Crippen molar-refractivity contribution in [1.82, 2.24) is 3.97 Å². The summed E-state index contributed by atoms with van der Waals surface area (Å²) in [6, 6.07) is 56.3. The van der Waals surface area contributed by atoms with E-state index in [-0.39, 0.29) is 43.7 Å². The standard InChI is InChI=1S/C54H50FNO8S/c55-46-28-25-41(26-29-46)37-63-53-52(62-36-40-16-6-2-7-17-40)51(61-35-39-14-4-1-5-15-39)50(38-59-34-42-24-27-43-18-10-11-19-44(43)32-42)64-54(53)60-31-30-45-33-56(49-23-13-12-22-48(45)49)65(57,58)47-20-8-3-9-21-47/h1-29,32-33,50-54H,30-31,34-38H2/t50-,51-,52+,53-,54-/m1/s1. The number of ether oxygens (including phenoxy) is 6. The fourth-order valence-corrected chi connectivity index (χ4v) is 9.66. The molecule has 2 heterocycles. The van der Waals surface area contributed by atoms with Gasteiger partial charge in [0.15, 0.2) is 6.29 Å². The van der Waals surface area contributed by atoms with Gasteiger partial charge in [-0.1, -0.05) is 146 Å². The Hall–Kier alpha value is -6.02. The lowest BCUT2D eigenvalue weighted by Gasteiger charge is -2.46. The highest BCUT2D eigenvalue weighted by molar-refractivity contribution is 7.90. The average molecular weight is 892 g/mol. The lowest BCUT2D eigenvalue weighted by Crippen LogP contribution is -2.61. The molecule has 1 aliphatic rings. The lowest BCUT2D eigenvalue weighted by molar-refractivity contribution is -0.328. The van der Waals surface area contributed by atoms with Crippen molar-refractivity contribution in [3.63, 3.8) is 0 Å². The van der Waals surface area contributed by atoms with Crippen molar-refractivity contribution in [3.05, 3.63) is 222 Å². The Balaban J connectivity index is 1.03. The van der Waals surface area contributed by atoms with E-state index in [1.165, 1.54) is 16.1 Å². The van der Waals surface area contributed by atoms with Crippen LogP contribution in [0.2, 0.25) is 0 Å². The first-order valence-corrected chi connectivity index (χ1v) is 23.2. The first-order chi connectivity index (χ1) is 31.9. The molecule has 1 aromatic heterocycles. The van der Waals surface area contributed by atoms with Crippen LogP contribution in [0.3, 0.4) is 0 Å². The van der Waals surface area contributed by atoms with Crippen LogP contribution in [0.25, 0.3) is 21.7 Å². The quantitative estimate of drug-likeness (QED) is 0.0792. The Bertz CT molecular complexity index is 2880. The predicted molar refractivity (Wildman–Crippen MR) is 248 cm³/mol. The number of para-hydroxylation sites is 1. The van der Waals surface area contributed by atoms with E-state index in [9.17, 15) is 12.8 Å². The number of hydrogen-bond acceptors (Lipinski definition) is 8. The van der Waals surface area contributed by atoms with Gasteiger partial charge >= 0.3 is 0 Å². The molecule has 0 amide bonds. The summed E-state index contributed by atoms with van der Waals surface area (Å²) in [7, 11) is -3.89. The molecule has 9 rings (SSSR count). The molecule has 7 aromatic carbocycles. The predicted octanol–water partition coefficient (Wildman–Crippen LogP) is 10.4. The van der Waals surface area contributed by atoms with Crippen LogP contribution in [0, 0.1) is 5.82 Å². The van der Waals surface area contributed by atoms with E-state index in [2.05, 4.69) is 30.3 Å². The minimum absolute atomic E-state index is 0.110. The third-order valence-electron chi connectivity index (χ3n) is 11.6. The van der Waals surface area contributed by atoms with Crippen LogP contribution in [-0.4, -0.2) is 56.3 Å². The van der Waals surface area contributed by atoms with E-state index in [1.807, 2.05) is 91.0 Å². The van der Waals surface area contributed by atoms with Crippen LogP contribution in [0.1, 0.15) is 27.8 Å². The van der Waals surface area contributed by atoms with Crippen molar-refractivity contribution >= 4 is 31.7 Å². The summed E-state index contributed by atoms with van der Waals surface area (Å²) in [5.41, 5.74) is 5.05. The Morgan fingerprint density at radius 3 is 1.82 bits per heavy atom. The monoisotopic (exact) mass is 891 g/mol. The van der Waals surface area contributed by atoms with Gasteiger partial charge in [0.1, 0.15) is 30.2 Å². The first kappa shape index (κ1) is 44.2. The van der Waals surface area contributed by atoms with Crippen LogP contribution in [0.4, 0.5) is 4.39 Å². The highest BCUT2D eigenvalue weighted by Gasteiger charge is 2.49. The molecule has 0 saturated carbocycles. The molecule has 11 heteroatoms. The number of aromatic nitrogens is 1. The Kier molecular flexibility index (Phi) is 14.2. The summed E-state index contributed by atoms with van der Waals surface area (Å²) in [6.07, 6.45) is -1.88. The second kappa shape index (κ2) is 20.9. The highest BCUT2D eigenvalue weighted by atomic mass is 32.2. The molecule has 0 aliphatic carbocycles. The van der Waals surface area contributed by atoms with Gasteiger partial charge in [0.05, 0.1) is 50.1 Å². The summed E-state index contributed by atoms with van der Waals surface area (Å²) >= 11 is 0. The number of fused-ring (bicyclic) bond motifs is 2. The van der Waals surface area contributed by atoms with Crippen molar-refractivity contribution in [2.75, 3.05) is 13.2 Å². The maximum absolute atomic E-state index is 14.0. The molecule has 0 unspecified atom stereocenters. The van der Waals surface area contributed by atoms with Gasteiger partial charge in [-0.15, -0.1) is 0 Å². The third kappa shape index (κ3) is 10.8. The number of hydrogen-bond donors (Lipinski definition) is 0. The molecule has 1 saturated heterocycles. The largest absolute Gasteiger partial charge is 0.374 e. The zero-order valence-corrected chi connectivity index (χ0v) is 36.6. The van der Waals surface area contributed by atoms with E-state index < -0.39 is 40.7 Å². The second-order valence-corrected chi connectivity index (χ2v) is 17.9. The Morgan fingerprint density at radius 1 is 0.538 bits per heavy atom. The normalized spacial score (nSPS) is 18.9. The fraction of sp³-hybridized carbons (Fsp3) is 0.222. The number of rotatable bonds is 19. The maximum Gasteiger partial charge on any atom is 0.268 e. The fourth-order valence-electron chi connectivity index (χ4n) is 8.25. The van der Waals surface area contributed by atoms with Gasteiger partial charge in [-0.2, -0.15) is 0 Å². The van der Waals surface area contributed by atoms with Gasteiger partial charge in [0.25, 0.3) is 10.0 Å². The van der Waals surface area contributed by atoms with Gasteiger partial charge < -0.3 is 28.4 Å². The molecule has 65 heavy (non-hydrogen) atoms. The van der Waals surface area contributed by atoms with Crippen molar-refractivity contribution in [2.24, 2.45) is 0 Å². The first-order valence-electron chi connectivity index (χ1n) is 21.8. The van der Waals surface area contributed by atoms with Gasteiger partial charge in [0, 0.05) is 11.6 Å². The van der Waals surface area contributed by atoms with E-state index in [4.69, 9.17) is 28.4 Å². The van der Waals surface area contributed by atoms with E-state index >= 15 is 0 Å². The smallest absolute Gasteiger partial charge is 0.268 e. The van der Waals surface area contributed by atoms with Crippen LogP contribution >= 0.6 is 0 Å². The Morgan fingerprint density at radius 2 is 1.11 bits per heavy atom. The highest BCUT2D eigenvalue weighted by Crippen LogP contribution is 2.33. The summed E-state index contributed by atoms with van der Waals surface area (Å²) in [6.45, 7) is 1.25. The molecular formula is C54H50FNO8S. The van der Waals surface area contributed by atoms with Crippen LogP contribution < -0.4 is 0 Å². The molecule has 9 nitrogen and oxygen atoms in total. The summed E-state index contributed by atoms with van der Waals surface area (Å²) in [4.78, 5) is 0.194. The molecule has 0 N–H and O–H groups in total. The molecule has 0 spiro atoms. The number of nitrogens with zero attached hydrogens (tertiary/aromatic N) is 1. The van der Waals surface area contributed by atoms with Crippen molar-refractivity contribution < 1.29 is 41.2 Å². The molecule has 0 bridgehead atoms. The van der Waals surface area contributed by atoms with E-state index in [0.717, 1.165) is 44.0 Å². The van der Waals surface area contributed by atoms with Crippen LogP contribution in [-0.2, 0) is 71.3 Å². The molecule has 1 fully saturated rings. The molecule has 8 aromatic rings. The van der Waals surface area contributed by atoms with Crippen molar-refractivity contribution in [2.45, 2.75) is 68.4 Å². The molecule has 0 radical (unpaired) electrons. The summed E-state index contributed by atoms with van der Waals surface area (Å²) < 4.78 is 83.7. The molecular weight excluding hydrogens is 842 g/mol. The zero-order valence-electron chi connectivity index (χ0n) is 35.7. The summed E-state index contributed by atoms with van der Waals surface area (Å²) in [5.74, 6) is -0.348.